The summed E-state index contributed by atoms with van der Waals surface area (Å²) >= 11 is 0. The Morgan fingerprint density at radius 2 is 2.00 bits per heavy atom. The summed E-state index contributed by atoms with van der Waals surface area (Å²) in [4.78, 5) is 0. The van der Waals surface area contributed by atoms with Crippen molar-refractivity contribution in [2.75, 3.05) is 13.1 Å². The minimum absolute atomic E-state index is 0.225. The minimum Gasteiger partial charge on any atom is -0.312 e. The molecule has 0 radical (unpaired) electrons. The summed E-state index contributed by atoms with van der Waals surface area (Å²) in [5.74, 6) is 0. The average Bonchev–Trinajstić information content (AvgIpc) is 2.93. The van der Waals surface area contributed by atoms with Gasteiger partial charge in [0.25, 0.3) is 0 Å². The molecule has 0 amide bonds. The van der Waals surface area contributed by atoms with Gasteiger partial charge in [0.05, 0.1) is 0 Å². The first-order valence-electron chi connectivity index (χ1n) is 7.58. The van der Waals surface area contributed by atoms with Gasteiger partial charge in [0.2, 0.25) is 0 Å². The van der Waals surface area contributed by atoms with Gasteiger partial charge < -0.3 is 10.6 Å². The van der Waals surface area contributed by atoms with E-state index in [1.807, 2.05) is 0 Å². The third-order valence-corrected chi connectivity index (χ3v) is 4.64. The van der Waals surface area contributed by atoms with E-state index in [-0.39, 0.29) is 5.54 Å². The summed E-state index contributed by atoms with van der Waals surface area (Å²) in [7, 11) is 0. The Kier molecular flexibility index (Phi) is 3.18. The van der Waals surface area contributed by atoms with Crippen LogP contribution >= 0.6 is 0 Å². The Morgan fingerprint density at radius 1 is 1.21 bits per heavy atom. The molecule has 1 saturated carbocycles. The van der Waals surface area contributed by atoms with E-state index in [4.69, 9.17) is 0 Å². The van der Waals surface area contributed by atoms with Crippen LogP contribution in [0, 0.1) is 0 Å². The van der Waals surface area contributed by atoms with Crippen LogP contribution < -0.4 is 10.6 Å². The van der Waals surface area contributed by atoms with Gasteiger partial charge in [0.1, 0.15) is 0 Å². The van der Waals surface area contributed by atoms with Crippen LogP contribution in [0.2, 0.25) is 0 Å². The van der Waals surface area contributed by atoms with E-state index in [1.165, 1.54) is 19.3 Å². The zero-order chi connectivity index (χ0) is 13.5. The summed E-state index contributed by atoms with van der Waals surface area (Å²) in [6.45, 7) is 8.79. The van der Waals surface area contributed by atoms with Crippen LogP contribution in [0.5, 0.6) is 0 Å². The fourth-order valence-electron chi connectivity index (χ4n) is 3.55. The third-order valence-electron chi connectivity index (χ3n) is 4.64. The summed E-state index contributed by atoms with van der Waals surface area (Å²) in [5, 5.41) is 7.28. The second kappa shape index (κ2) is 4.60. The fraction of sp³-hybridized carbons (Fsp3) is 0.647. The molecule has 2 nitrogen and oxygen atoms in total. The fourth-order valence-corrected chi connectivity index (χ4v) is 3.55. The Bertz CT molecular complexity index is 461. The maximum Gasteiger partial charge on any atom is 0.0174 e. The van der Waals surface area contributed by atoms with Gasteiger partial charge in [-0.25, -0.2) is 0 Å². The molecule has 19 heavy (non-hydrogen) atoms. The Labute approximate surface area is 117 Å². The van der Waals surface area contributed by atoms with Gasteiger partial charge >= 0.3 is 0 Å². The van der Waals surface area contributed by atoms with Crippen molar-refractivity contribution in [2.24, 2.45) is 0 Å². The molecule has 0 heterocycles. The zero-order valence-corrected chi connectivity index (χ0v) is 12.4. The highest BCUT2D eigenvalue weighted by molar-refractivity contribution is 5.46. The SMILES string of the molecule is CC(C)(C)NCCN[C@@H]1C[C@]12CCc1ccccc12. The lowest BCUT2D eigenvalue weighted by Crippen LogP contribution is -2.41. The molecule has 2 aliphatic carbocycles. The maximum atomic E-state index is 3.74. The van der Waals surface area contributed by atoms with E-state index < -0.39 is 0 Å². The highest BCUT2D eigenvalue weighted by Crippen LogP contribution is 2.56. The normalized spacial score (nSPS) is 28.7. The van der Waals surface area contributed by atoms with Crippen LogP contribution in [-0.4, -0.2) is 24.7 Å². The van der Waals surface area contributed by atoms with Crippen LogP contribution in [0.15, 0.2) is 24.3 Å². The monoisotopic (exact) mass is 258 g/mol. The van der Waals surface area contributed by atoms with Crippen LogP contribution in [0.3, 0.4) is 0 Å². The lowest BCUT2D eigenvalue weighted by Gasteiger charge is -2.21. The largest absolute Gasteiger partial charge is 0.312 e. The highest BCUT2D eigenvalue weighted by Gasteiger charge is 2.57. The van der Waals surface area contributed by atoms with Gasteiger partial charge in [-0.2, -0.15) is 0 Å². The molecule has 1 fully saturated rings. The number of hydrogen-bond acceptors (Lipinski definition) is 2. The lowest BCUT2D eigenvalue weighted by molar-refractivity contribution is 0.418. The Hall–Kier alpha value is -0.860. The van der Waals surface area contributed by atoms with Crippen molar-refractivity contribution in [3.63, 3.8) is 0 Å². The number of hydrogen-bond donors (Lipinski definition) is 2. The molecular formula is C17H26N2. The average molecular weight is 258 g/mol. The predicted molar refractivity (Wildman–Crippen MR) is 80.6 cm³/mol. The van der Waals surface area contributed by atoms with E-state index in [1.54, 1.807) is 11.1 Å². The van der Waals surface area contributed by atoms with Gasteiger partial charge in [-0.05, 0) is 51.2 Å². The molecule has 104 valence electrons. The molecule has 1 spiro atoms. The van der Waals surface area contributed by atoms with Gasteiger partial charge in [-0.3, -0.25) is 0 Å². The van der Waals surface area contributed by atoms with Gasteiger partial charge in [0, 0.05) is 30.1 Å². The summed E-state index contributed by atoms with van der Waals surface area (Å²) in [5.41, 5.74) is 3.91. The topological polar surface area (TPSA) is 24.1 Å². The predicted octanol–water partition coefficient (Wildman–Crippen LogP) is 2.62. The standard InChI is InChI=1S/C17H26N2/c1-16(2,3)19-11-10-18-15-12-17(15)9-8-13-6-4-5-7-14(13)17/h4-7,15,18-19H,8-12H2,1-3H3/t15-,17+/m1/s1. The van der Waals surface area contributed by atoms with Gasteiger partial charge in [-0.1, -0.05) is 24.3 Å². The molecule has 1 aromatic carbocycles. The van der Waals surface area contributed by atoms with E-state index in [0.29, 0.717) is 11.5 Å². The molecule has 2 heteroatoms. The molecule has 0 saturated heterocycles. The van der Waals surface area contributed by atoms with E-state index in [2.05, 4.69) is 55.7 Å². The molecule has 0 aromatic heterocycles. The molecule has 2 atom stereocenters. The molecule has 0 bridgehead atoms. The molecule has 0 unspecified atom stereocenters. The quantitative estimate of drug-likeness (QED) is 0.811. The molecular weight excluding hydrogens is 232 g/mol. The van der Waals surface area contributed by atoms with Crippen molar-refractivity contribution in [2.45, 2.75) is 57.0 Å². The second-order valence-corrected chi connectivity index (χ2v) is 7.20. The van der Waals surface area contributed by atoms with Crippen molar-refractivity contribution in [1.82, 2.24) is 10.6 Å². The first-order chi connectivity index (χ1) is 9.01. The third kappa shape index (κ3) is 2.56. The maximum absolute atomic E-state index is 3.74. The smallest absolute Gasteiger partial charge is 0.0174 e. The van der Waals surface area contributed by atoms with Crippen LogP contribution in [0.25, 0.3) is 0 Å². The highest BCUT2D eigenvalue weighted by atomic mass is 15.0. The van der Waals surface area contributed by atoms with E-state index >= 15 is 0 Å². The molecule has 1 aromatic rings. The van der Waals surface area contributed by atoms with Crippen LogP contribution in [0.1, 0.15) is 44.7 Å². The lowest BCUT2D eigenvalue weighted by atomic mass is 9.97. The van der Waals surface area contributed by atoms with Crippen molar-refractivity contribution in [1.29, 1.82) is 0 Å². The van der Waals surface area contributed by atoms with Crippen molar-refractivity contribution < 1.29 is 0 Å². The number of benzene rings is 1. The van der Waals surface area contributed by atoms with E-state index in [0.717, 1.165) is 13.1 Å². The van der Waals surface area contributed by atoms with Gasteiger partial charge in [0.15, 0.2) is 0 Å². The van der Waals surface area contributed by atoms with Crippen molar-refractivity contribution in [3.8, 4) is 0 Å². The number of nitrogens with one attached hydrogen (secondary N) is 2. The molecule has 2 aliphatic rings. The minimum atomic E-state index is 0.225. The first-order valence-corrected chi connectivity index (χ1v) is 7.58. The summed E-state index contributed by atoms with van der Waals surface area (Å²) in [6, 6.07) is 9.73. The number of fused-ring (bicyclic) bond motifs is 2. The second-order valence-electron chi connectivity index (χ2n) is 7.20. The Morgan fingerprint density at radius 3 is 2.79 bits per heavy atom. The molecule has 0 aliphatic heterocycles. The number of rotatable bonds is 4. The van der Waals surface area contributed by atoms with Crippen LogP contribution in [-0.2, 0) is 11.8 Å². The van der Waals surface area contributed by atoms with E-state index in [9.17, 15) is 0 Å². The van der Waals surface area contributed by atoms with Crippen LogP contribution in [0.4, 0.5) is 0 Å². The molecule has 3 rings (SSSR count). The summed E-state index contributed by atoms with van der Waals surface area (Å²) < 4.78 is 0. The summed E-state index contributed by atoms with van der Waals surface area (Å²) in [6.07, 6.45) is 3.95. The Balaban J connectivity index is 1.52. The zero-order valence-electron chi connectivity index (χ0n) is 12.4. The van der Waals surface area contributed by atoms with Gasteiger partial charge in [-0.15, -0.1) is 0 Å². The van der Waals surface area contributed by atoms with Crippen molar-refractivity contribution >= 4 is 0 Å². The first kappa shape index (κ1) is 13.1. The van der Waals surface area contributed by atoms with Crippen molar-refractivity contribution in [3.05, 3.63) is 35.4 Å². The molecule has 2 N–H and O–H groups in total. The number of aryl methyl sites for hydroxylation is 1.